The normalized spacial score (nSPS) is 14.0. The van der Waals surface area contributed by atoms with Crippen molar-refractivity contribution in [2.24, 2.45) is 0 Å². The van der Waals surface area contributed by atoms with Crippen LogP contribution in [0, 0.1) is 6.92 Å². The van der Waals surface area contributed by atoms with Crippen molar-refractivity contribution >= 4 is 38.4 Å². The Morgan fingerprint density at radius 1 is 1.09 bits per heavy atom. The van der Waals surface area contributed by atoms with Crippen LogP contribution in [-0.2, 0) is 23.0 Å². The van der Waals surface area contributed by atoms with Crippen molar-refractivity contribution in [2.45, 2.75) is 24.8 Å². The lowest BCUT2D eigenvalue weighted by Crippen LogP contribution is -2.36. The van der Waals surface area contributed by atoms with Crippen molar-refractivity contribution in [1.82, 2.24) is 14.3 Å². The summed E-state index contributed by atoms with van der Waals surface area (Å²) in [7, 11) is -3.85. The van der Waals surface area contributed by atoms with E-state index in [1.165, 1.54) is 22.5 Å². The second-order valence-electron chi connectivity index (χ2n) is 8.21. The van der Waals surface area contributed by atoms with Gasteiger partial charge in [-0.15, -0.1) is 0 Å². The largest absolute Gasteiger partial charge is 0.478 e. The molecule has 34 heavy (non-hydrogen) atoms. The number of carboxylic acid groups (broad SMARTS) is 1. The molecule has 2 aromatic heterocycles. The molecule has 172 valence electrons. The second kappa shape index (κ2) is 8.51. The summed E-state index contributed by atoms with van der Waals surface area (Å²) in [6, 6.07) is 15.9. The molecule has 0 bridgehead atoms. The number of aromatic carboxylic acids is 1. The predicted octanol–water partition coefficient (Wildman–Crippen LogP) is 4.13. The molecule has 0 spiro atoms. The summed E-state index contributed by atoms with van der Waals surface area (Å²) in [5.74, 6) is -0.473. The van der Waals surface area contributed by atoms with E-state index in [-0.39, 0.29) is 23.5 Å². The number of hydrogen-bond acceptors (Lipinski definition) is 6. The van der Waals surface area contributed by atoms with Gasteiger partial charge in [0.1, 0.15) is 5.82 Å². The van der Waals surface area contributed by atoms with Gasteiger partial charge in [-0.1, -0.05) is 24.3 Å². The van der Waals surface area contributed by atoms with Gasteiger partial charge >= 0.3 is 5.97 Å². The number of anilines is 2. The third-order valence-electron chi connectivity index (χ3n) is 6.04. The van der Waals surface area contributed by atoms with Crippen LogP contribution in [-0.4, -0.2) is 40.3 Å². The topological polar surface area (TPSA) is 112 Å². The minimum Gasteiger partial charge on any atom is -0.478 e. The maximum Gasteiger partial charge on any atom is 0.335 e. The highest BCUT2D eigenvalue weighted by atomic mass is 32.2. The molecule has 0 saturated carbocycles. The number of sulfonamides is 1. The van der Waals surface area contributed by atoms with Crippen molar-refractivity contribution in [2.75, 3.05) is 11.9 Å². The number of aryl methyl sites for hydroxylation is 1. The van der Waals surface area contributed by atoms with Gasteiger partial charge in [-0.3, -0.25) is 4.98 Å². The fourth-order valence-corrected chi connectivity index (χ4v) is 5.64. The average molecular weight is 475 g/mol. The molecule has 0 saturated heterocycles. The number of nitrogens with zero attached hydrogens (tertiary/aromatic N) is 3. The fraction of sp³-hybridized carbons (Fsp3) is 0.160. The number of rotatable bonds is 5. The maximum absolute atomic E-state index is 13.3. The monoisotopic (exact) mass is 474 g/mol. The molecule has 4 aromatic rings. The van der Waals surface area contributed by atoms with Gasteiger partial charge in [0.05, 0.1) is 27.9 Å². The Kier molecular flexibility index (Phi) is 5.51. The standard InChI is InChI=1S/C25H22N4O4S/c1-16-6-7-20(13-22(16)25(30)31)34(32,33)29-11-9-21-18(15-29)8-10-26-24(21)28-19-12-17-4-2-3-5-23(17)27-14-19/h2-8,10,12-14H,9,11,15H2,1H3,(H,26,28)(H,30,31). The number of fused-ring (bicyclic) bond motifs is 2. The van der Waals surface area contributed by atoms with E-state index in [9.17, 15) is 18.3 Å². The number of para-hydroxylation sites is 1. The number of benzene rings is 2. The minimum absolute atomic E-state index is 0.0156. The van der Waals surface area contributed by atoms with Crippen LogP contribution in [0.15, 0.2) is 71.9 Å². The molecule has 0 unspecified atom stereocenters. The first kappa shape index (κ1) is 22.0. The first-order valence-electron chi connectivity index (χ1n) is 10.8. The number of carboxylic acids is 1. The molecule has 3 heterocycles. The van der Waals surface area contributed by atoms with E-state index in [0.717, 1.165) is 27.7 Å². The highest BCUT2D eigenvalue weighted by Crippen LogP contribution is 2.30. The number of nitrogens with one attached hydrogen (secondary N) is 1. The number of carbonyl (C=O) groups is 1. The third kappa shape index (κ3) is 4.00. The molecule has 9 heteroatoms. The summed E-state index contributed by atoms with van der Waals surface area (Å²) in [6.07, 6.45) is 3.88. The van der Waals surface area contributed by atoms with E-state index < -0.39 is 16.0 Å². The third-order valence-corrected chi connectivity index (χ3v) is 7.88. The SMILES string of the molecule is Cc1ccc(S(=O)(=O)N2CCc3c(ccnc3Nc3cnc4ccccc4c3)C2)cc1C(=O)O. The summed E-state index contributed by atoms with van der Waals surface area (Å²) in [5, 5.41) is 13.7. The summed E-state index contributed by atoms with van der Waals surface area (Å²) < 4.78 is 27.9. The van der Waals surface area contributed by atoms with Crippen LogP contribution in [0.1, 0.15) is 27.0 Å². The van der Waals surface area contributed by atoms with Gasteiger partial charge in [-0.05, 0) is 54.8 Å². The van der Waals surface area contributed by atoms with Gasteiger partial charge in [0.25, 0.3) is 0 Å². The molecule has 2 aromatic carbocycles. The van der Waals surface area contributed by atoms with Crippen LogP contribution in [0.4, 0.5) is 11.5 Å². The van der Waals surface area contributed by atoms with Crippen molar-refractivity contribution in [3.63, 3.8) is 0 Å². The van der Waals surface area contributed by atoms with Gasteiger partial charge in [-0.25, -0.2) is 18.2 Å². The zero-order valence-corrected chi connectivity index (χ0v) is 19.2. The van der Waals surface area contributed by atoms with E-state index in [1.54, 1.807) is 19.3 Å². The first-order chi connectivity index (χ1) is 16.3. The smallest absolute Gasteiger partial charge is 0.335 e. The Labute approximate surface area is 197 Å². The van der Waals surface area contributed by atoms with Gasteiger partial charge in [-0.2, -0.15) is 4.31 Å². The Bertz CT molecular complexity index is 1540. The van der Waals surface area contributed by atoms with Crippen LogP contribution in [0.2, 0.25) is 0 Å². The predicted molar refractivity (Wildman–Crippen MR) is 129 cm³/mol. The van der Waals surface area contributed by atoms with E-state index in [2.05, 4.69) is 15.3 Å². The Balaban J connectivity index is 1.42. The Morgan fingerprint density at radius 2 is 1.91 bits per heavy atom. The maximum atomic E-state index is 13.3. The van der Waals surface area contributed by atoms with Crippen LogP contribution in [0.5, 0.6) is 0 Å². The van der Waals surface area contributed by atoms with E-state index >= 15 is 0 Å². The van der Waals surface area contributed by atoms with Crippen molar-refractivity contribution < 1.29 is 18.3 Å². The molecule has 0 atom stereocenters. The quantitative estimate of drug-likeness (QED) is 0.447. The molecule has 0 fully saturated rings. The van der Waals surface area contributed by atoms with Crippen molar-refractivity contribution in [3.8, 4) is 0 Å². The molecule has 0 aliphatic carbocycles. The molecular formula is C25H22N4O4S. The summed E-state index contributed by atoms with van der Waals surface area (Å²) in [4.78, 5) is 20.4. The lowest BCUT2D eigenvalue weighted by molar-refractivity contribution is 0.0696. The zero-order valence-electron chi connectivity index (χ0n) is 18.4. The van der Waals surface area contributed by atoms with Crippen molar-refractivity contribution in [3.05, 3.63) is 89.2 Å². The van der Waals surface area contributed by atoms with Crippen molar-refractivity contribution in [1.29, 1.82) is 0 Å². The molecule has 8 nitrogen and oxygen atoms in total. The number of aromatic nitrogens is 2. The zero-order chi connectivity index (χ0) is 23.9. The summed E-state index contributed by atoms with van der Waals surface area (Å²) in [6.45, 7) is 2.09. The Hall–Kier alpha value is -3.82. The molecule has 1 aliphatic rings. The summed E-state index contributed by atoms with van der Waals surface area (Å²) >= 11 is 0. The van der Waals surface area contributed by atoms with E-state index in [0.29, 0.717) is 17.8 Å². The lowest BCUT2D eigenvalue weighted by Gasteiger charge is -2.29. The van der Waals surface area contributed by atoms with Crippen LogP contribution in [0.3, 0.4) is 0 Å². The first-order valence-corrected chi connectivity index (χ1v) is 12.2. The lowest BCUT2D eigenvalue weighted by atomic mass is 10.0. The fourth-order valence-electron chi connectivity index (χ4n) is 4.20. The molecule has 1 aliphatic heterocycles. The van der Waals surface area contributed by atoms with Crippen LogP contribution >= 0.6 is 0 Å². The van der Waals surface area contributed by atoms with Gasteiger partial charge in [0.2, 0.25) is 10.0 Å². The van der Waals surface area contributed by atoms with Gasteiger partial charge in [0, 0.05) is 30.2 Å². The van der Waals surface area contributed by atoms with Crippen LogP contribution < -0.4 is 5.32 Å². The second-order valence-corrected chi connectivity index (χ2v) is 10.1. The minimum atomic E-state index is -3.85. The van der Waals surface area contributed by atoms with Crippen LogP contribution in [0.25, 0.3) is 10.9 Å². The number of pyridine rings is 2. The molecule has 5 rings (SSSR count). The highest BCUT2D eigenvalue weighted by Gasteiger charge is 2.30. The summed E-state index contributed by atoms with van der Waals surface area (Å²) in [5.41, 5.74) is 4.01. The molecule has 0 amide bonds. The Morgan fingerprint density at radius 3 is 2.74 bits per heavy atom. The van der Waals surface area contributed by atoms with Gasteiger partial charge < -0.3 is 10.4 Å². The van der Waals surface area contributed by atoms with E-state index in [4.69, 9.17) is 0 Å². The molecular weight excluding hydrogens is 452 g/mol. The number of hydrogen-bond donors (Lipinski definition) is 2. The molecule has 0 radical (unpaired) electrons. The average Bonchev–Trinajstić information content (AvgIpc) is 2.84. The van der Waals surface area contributed by atoms with E-state index in [1.807, 2.05) is 36.4 Å². The van der Waals surface area contributed by atoms with Gasteiger partial charge in [0.15, 0.2) is 0 Å². The highest BCUT2D eigenvalue weighted by molar-refractivity contribution is 7.89. The molecule has 2 N–H and O–H groups in total.